The molecular weight excluding hydrogens is 334 g/mol. The molecule has 1 unspecified atom stereocenters. The molecule has 0 N–H and O–H groups in total. The molecule has 0 aliphatic carbocycles. The zero-order valence-electron chi connectivity index (χ0n) is 16.4. The summed E-state index contributed by atoms with van der Waals surface area (Å²) in [5, 5.41) is 9.44. The van der Waals surface area contributed by atoms with Gasteiger partial charge < -0.3 is 14.2 Å². The Bertz CT molecular complexity index is 592. The normalized spacial score (nSPS) is 12.2. The minimum Gasteiger partial charge on any atom is -0.477 e. The third kappa shape index (κ3) is 7.68. The van der Waals surface area contributed by atoms with Gasteiger partial charge in [0, 0.05) is 0 Å². The van der Waals surface area contributed by atoms with Crippen molar-refractivity contribution in [2.24, 2.45) is 0 Å². The lowest BCUT2D eigenvalue weighted by Gasteiger charge is -2.21. The van der Waals surface area contributed by atoms with E-state index in [1.54, 1.807) is 26.8 Å². The Kier molecular flexibility index (Phi) is 8.83. The van der Waals surface area contributed by atoms with Crippen molar-refractivity contribution in [3.05, 3.63) is 11.9 Å². The minimum absolute atomic E-state index is 0.0299. The molecule has 1 rings (SSSR count). The SMILES string of the molecule is CCCCOc1cc(OCCCC)nc(C(C#N)C(=O)OC(C)(C)C)n1. The molecule has 0 amide bonds. The maximum Gasteiger partial charge on any atom is 0.331 e. The monoisotopic (exact) mass is 363 g/mol. The van der Waals surface area contributed by atoms with Crippen LogP contribution in [0, 0.1) is 11.3 Å². The summed E-state index contributed by atoms with van der Waals surface area (Å²) < 4.78 is 16.5. The zero-order chi connectivity index (χ0) is 19.6. The number of carbonyl (C=O) groups excluding carboxylic acids is 1. The van der Waals surface area contributed by atoms with Crippen LogP contribution in [-0.4, -0.2) is 34.8 Å². The van der Waals surface area contributed by atoms with Gasteiger partial charge >= 0.3 is 5.97 Å². The van der Waals surface area contributed by atoms with Crippen LogP contribution in [-0.2, 0) is 9.53 Å². The molecule has 0 aliphatic rings. The number of hydrogen-bond donors (Lipinski definition) is 0. The predicted molar refractivity (Wildman–Crippen MR) is 97.0 cm³/mol. The summed E-state index contributed by atoms with van der Waals surface area (Å²) in [6, 6.07) is 3.50. The smallest absolute Gasteiger partial charge is 0.331 e. The van der Waals surface area contributed by atoms with Gasteiger partial charge in [0.1, 0.15) is 5.60 Å². The standard InChI is InChI=1S/C19H29N3O4/c1-6-8-10-24-15-12-16(25-11-9-7-2)22-17(21-15)14(13-20)18(23)26-19(3,4)5/h12,14H,6-11H2,1-5H3. The maximum atomic E-state index is 12.3. The quantitative estimate of drug-likeness (QED) is 0.461. The first-order valence-corrected chi connectivity index (χ1v) is 9.07. The molecule has 0 spiro atoms. The van der Waals surface area contributed by atoms with E-state index in [1.165, 1.54) is 0 Å². The van der Waals surface area contributed by atoms with E-state index in [1.807, 2.05) is 6.07 Å². The van der Waals surface area contributed by atoms with Crippen molar-refractivity contribution >= 4 is 5.97 Å². The Morgan fingerprint density at radius 2 is 1.62 bits per heavy atom. The Balaban J connectivity index is 3.07. The number of nitrogens with zero attached hydrogens (tertiary/aromatic N) is 3. The number of nitriles is 1. The molecule has 0 bridgehead atoms. The second kappa shape index (κ2) is 10.6. The highest BCUT2D eigenvalue weighted by Crippen LogP contribution is 2.23. The van der Waals surface area contributed by atoms with Crippen LogP contribution < -0.4 is 9.47 Å². The van der Waals surface area contributed by atoms with Crippen LogP contribution >= 0.6 is 0 Å². The molecule has 0 aliphatic heterocycles. The molecule has 1 atom stereocenters. The molecule has 7 heteroatoms. The number of esters is 1. The number of ether oxygens (including phenoxy) is 3. The van der Waals surface area contributed by atoms with Crippen LogP contribution in [0.2, 0.25) is 0 Å². The van der Waals surface area contributed by atoms with Crippen LogP contribution in [0.4, 0.5) is 0 Å². The van der Waals surface area contributed by atoms with Gasteiger partial charge in [-0.15, -0.1) is 0 Å². The fourth-order valence-corrected chi connectivity index (χ4v) is 1.92. The van der Waals surface area contributed by atoms with E-state index >= 15 is 0 Å². The second-order valence-corrected chi connectivity index (χ2v) is 6.90. The number of hydrogen-bond acceptors (Lipinski definition) is 7. The van der Waals surface area contributed by atoms with Gasteiger partial charge in [0.25, 0.3) is 0 Å². The molecule has 1 heterocycles. The fourth-order valence-electron chi connectivity index (χ4n) is 1.92. The Morgan fingerprint density at radius 3 is 2.00 bits per heavy atom. The van der Waals surface area contributed by atoms with Crippen molar-refractivity contribution in [1.82, 2.24) is 9.97 Å². The highest BCUT2D eigenvalue weighted by molar-refractivity contribution is 5.80. The van der Waals surface area contributed by atoms with Crippen LogP contribution in [0.1, 0.15) is 72.0 Å². The van der Waals surface area contributed by atoms with E-state index in [0.29, 0.717) is 25.0 Å². The summed E-state index contributed by atoms with van der Waals surface area (Å²) in [6.07, 6.45) is 3.71. The molecular formula is C19H29N3O4. The molecule has 0 saturated heterocycles. The number of rotatable bonds is 10. The van der Waals surface area contributed by atoms with Gasteiger partial charge in [-0.05, 0) is 33.6 Å². The molecule has 0 radical (unpaired) electrons. The van der Waals surface area contributed by atoms with Crippen molar-refractivity contribution in [2.45, 2.75) is 71.8 Å². The van der Waals surface area contributed by atoms with E-state index < -0.39 is 17.5 Å². The van der Waals surface area contributed by atoms with Gasteiger partial charge in [-0.3, -0.25) is 4.79 Å². The van der Waals surface area contributed by atoms with Gasteiger partial charge in [0.15, 0.2) is 5.82 Å². The summed E-state index contributed by atoms with van der Waals surface area (Å²) in [6.45, 7) is 10.3. The van der Waals surface area contributed by atoms with Crippen molar-refractivity contribution in [3.63, 3.8) is 0 Å². The van der Waals surface area contributed by atoms with E-state index in [-0.39, 0.29) is 5.82 Å². The summed E-state index contributed by atoms with van der Waals surface area (Å²) >= 11 is 0. The second-order valence-electron chi connectivity index (χ2n) is 6.90. The molecule has 0 fully saturated rings. The summed E-state index contributed by atoms with van der Waals surface area (Å²) in [4.78, 5) is 20.8. The number of unbranched alkanes of at least 4 members (excludes halogenated alkanes) is 2. The molecule has 1 aromatic rings. The molecule has 7 nitrogen and oxygen atoms in total. The van der Waals surface area contributed by atoms with Crippen LogP contribution in [0.15, 0.2) is 6.07 Å². The maximum absolute atomic E-state index is 12.3. The minimum atomic E-state index is -1.24. The van der Waals surface area contributed by atoms with Crippen molar-refractivity contribution in [3.8, 4) is 17.8 Å². The third-order valence-corrected chi connectivity index (χ3v) is 3.22. The Hall–Kier alpha value is -2.36. The topological polar surface area (TPSA) is 94.3 Å². The largest absolute Gasteiger partial charge is 0.477 e. The number of aromatic nitrogens is 2. The lowest BCUT2D eigenvalue weighted by molar-refractivity contribution is -0.155. The Labute approximate surface area is 155 Å². The molecule has 1 aromatic heterocycles. The Morgan fingerprint density at radius 1 is 1.12 bits per heavy atom. The lowest BCUT2D eigenvalue weighted by atomic mass is 10.1. The van der Waals surface area contributed by atoms with Gasteiger partial charge in [0.2, 0.25) is 17.7 Å². The van der Waals surface area contributed by atoms with Crippen LogP contribution in [0.3, 0.4) is 0 Å². The first-order chi connectivity index (χ1) is 12.3. The fraction of sp³-hybridized carbons (Fsp3) is 0.684. The lowest BCUT2D eigenvalue weighted by Crippen LogP contribution is -2.28. The predicted octanol–water partition coefficient (Wildman–Crippen LogP) is 3.78. The average molecular weight is 363 g/mol. The van der Waals surface area contributed by atoms with E-state index in [4.69, 9.17) is 14.2 Å². The van der Waals surface area contributed by atoms with E-state index in [9.17, 15) is 10.1 Å². The van der Waals surface area contributed by atoms with Crippen LogP contribution in [0.25, 0.3) is 0 Å². The van der Waals surface area contributed by atoms with Gasteiger partial charge in [-0.25, -0.2) is 0 Å². The van der Waals surface area contributed by atoms with Crippen molar-refractivity contribution in [1.29, 1.82) is 5.26 Å². The van der Waals surface area contributed by atoms with Crippen LogP contribution in [0.5, 0.6) is 11.8 Å². The third-order valence-electron chi connectivity index (χ3n) is 3.22. The average Bonchev–Trinajstić information content (AvgIpc) is 2.54. The highest BCUT2D eigenvalue weighted by Gasteiger charge is 2.30. The zero-order valence-corrected chi connectivity index (χ0v) is 16.4. The van der Waals surface area contributed by atoms with Gasteiger partial charge in [0.05, 0.1) is 25.3 Å². The molecule has 26 heavy (non-hydrogen) atoms. The number of carbonyl (C=O) groups is 1. The van der Waals surface area contributed by atoms with Gasteiger partial charge in [-0.2, -0.15) is 15.2 Å². The van der Waals surface area contributed by atoms with Gasteiger partial charge in [-0.1, -0.05) is 26.7 Å². The first kappa shape index (κ1) is 21.7. The highest BCUT2D eigenvalue weighted by atomic mass is 16.6. The molecule has 0 saturated carbocycles. The first-order valence-electron chi connectivity index (χ1n) is 9.07. The molecule has 144 valence electrons. The van der Waals surface area contributed by atoms with Crippen molar-refractivity contribution < 1.29 is 19.0 Å². The summed E-state index contributed by atoms with van der Waals surface area (Å²) in [5.74, 6) is -1.32. The molecule has 0 aromatic carbocycles. The van der Waals surface area contributed by atoms with E-state index in [0.717, 1.165) is 25.7 Å². The summed E-state index contributed by atoms with van der Waals surface area (Å²) in [7, 11) is 0. The van der Waals surface area contributed by atoms with Crippen molar-refractivity contribution in [2.75, 3.05) is 13.2 Å². The van der Waals surface area contributed by atoms with E-state index in [2.05, 4.69) is 23.8 Å². The summed E-state index contributed by atoms with van der Waals surface area (Å²) in [5.41, 5.74) is -0.706.